The smallest absolute Gasteiger partial charge is 0.267 e. The van der Waals surface area contributed by atoms with E-state index in [1.165, 1.54) is 16.3 Å². The Balaban J connectivity index is 1.68. The van der Waals surface area contributed by atoms with E-state index in [0.717, 1.165) is 11.1 Å². The quantitative estimate of drug-likeness (QED) is 0.351. The second-order valence-electron chi connectivity index (χ2n) is 7.64. The molecule has 0 saturated carbocycles. The minimum absolute atomic E-state index is 0.127. The summed E-state index contributed by atoms with van der Waals surface area (Å²) in [4.78, 5) is 35.4. The minimum atomic E-state index is -0.467. The first kappa shape index (κ1) is 21.8. The number of rotatable bonds is 6. The fourth-order valence-corrected chi connectivity index (χ4v) is 4.33. The maximum absolute atomic E-state index is 13.3. The molecule has 162 valence electrons. The number of carbonyl (C=O) groups is 1. The number of para-hydroxylation sites is 1. The van der Waals surface area contributed by atoms with Gasteiger partial charge in [0.05, 0.1) is 22.2 Å². The summed E-state index contributed by atoms with van der Waals surface area (Å²) in [5.74, 6) is 0.360. The predicted octanol–water partition coefficient (Wildman–Crippen LogP) is 4.45. The summed E-state index contributed by atoms with van der Waals surface area (Å²) in [6.45, 7) is 5.71. The molecule has 0 saturated heterocycles. The van der Waals surface area contributed by atoms with Crippen molar-refractivity contribution in [3.05, 3.63) is 94.4 Å². The van der Waals surface area contributed by atoms with Crippen LogP contribution in [0.5, 0.6) is 0 Å². The zero-order valence-electron chi connectivity index (χ0n) is 18.1. The summed E-state index contributed by atoms with van der Waals surface area (Å²) in [5, 5.41) is 3.52. The molecule has 0 aliphatic heterocycles. The summed E-state index contributed by atoms with van der Waals surface area (Å²) < 4.78 is 1.49. The van der Waals surface area contributed by atoms with E-state index in [1.807, 2.05) is 75.4 Å². The number of amides is 1. The van der Waals surface area contributed by atoms with Crippen LogP contribution in [0, 0.1) is 6.92 Å². The second kappa shape index (κ2) is 9.36. The van der Waals surface area contributed by atoms with Gasteiger partial charge in [-0.1, -0.05) is 54.2 Å². The number of nitrogens with one attached hydrogen (secondary N) is 1. The molecular weight excluding hydrogens is 420 g/mol. The number of carbonyl (C=O) groups excluding carboxylic acids is 1. The fraction of sp³-hybridized carbons (Fsp3) is 0.200. The second-order valence-corrected chi connectivity index (χ2v) is 8.95. The Morgan fingerprint density at radius 2 is 1.75 bits per heavy atom. The van der Waals surface area contributed by atoms with Crippen molar-refractivity contribution in [1.29, 1.82) is 0 Å². The first-order valence-corrected chi connectivity index (χ1v) is 11.3. The molecule has 0 spiro atoms. The molecule has 2 aromatic carbocycles. The molecule has 0 aliphatic rings. The standard InChI is InChI=1S/C25H24N4O2S/c1-16-13-14-26-22(15-16)29-24(31)20-11-7-8-12-21(20)28-25(29)32-18(3)23(30)27-17(2)19-9-5-4-6-10-19/h4-15,17-18H,1-3H3,(H,27,30). The van der Waals surface area contributed by atoms with E-state index >= 15 is 0 Å². The van der Waals surface area contributed by atoms with Crippen molar-refractivity contribution in [3.63, 3.8) is 0 Å². The van der Waals surface area contributed by atoms with E-state index in [4.69, 9.17) is 4.98 Å². The lowest BCUT2D eigenvalue weighted by Gasteiger charge is -2.19. The van der Waals surface area contributed by atoms with Crippen LogP contribution in [0.25, 0.3) is 16.7 Å². The van der Waals surface area contributed by atoms with E-state index in [9.17, 15) is 9.59 Å². The van der Waals surface area contributed by atoms with Crippen LogP contribution in [-0.2, 0) is 4.79 Å². The Morgan fingerprint density at radius 1 is 1.03 bits per heavy atom. The molecule has 6 nitrogen and oxygen atoms in total. The maximum atomic E-state index is 13.3. The molecular formula is C25H24N4O2S. The van der Waals surface area contributed by atoms with Crippen LogP contribution in [0.1, 0.15) is 31.0 Å². The van der Waals surface area contributed by atoms with Crippen molar-refractivity contribution in [3.8, 4) is 5.82 Å². The normalized spacial score (nSPS) is 13.0. The van der Waals surface area contributed by atoms with E-state index in [0.29, 0.717) is 21.9 Å². The van der Waals surface area contributed by atoms with E-state index in [2.05, 4.69) is 10.3 Å². The highest BCUT2D eigenvalue weighted by Gasteiger charge is 2.22. The van der Waals surface area contributed by atoms with Crippen LogP contribution in [0.3, 0.4) is 0 Å². The number of nitrogens with zero attached hydrogens (tertiary/aromatic N) is 3. The first-order chi connectivity index (χ1) is 15.4. The minimum Gasteiger partial charge on any atom is -0.349 e. The lowest BCUT2D eigenvalue weighted by molar-refractivity contribution is -0.120. The van der Waals surface area contributed by atoms with E-state index < -0.39 is 5.25 Å². The summed E-state index contributed by atoms with van der Waals surface area (Å²) >= 11 is 1.24. The third-order valence-corrected chi connectivity index (χ3v) is 6.24. The molecule has 0 radical (unpaired) electrons. The molecule has 0 fully saturated rings. The molecule has 2 unspecified atom stereocenters. The van der Waals surface area contributed by atoms with Gasteiger partial charge in [-0.05, 0) is 56.2 Å². The van der Waals surface area contributed by atoms with Gasteiger partial charge >= 0.3 is 0 Å². The molecule has 2 heterocycles. The van der Waals surface area contributed by atoms with Crippen molar-refractivity contribution < 1.29 is 4.79 Å². The Morgan fingerprint density at radius 3 is 2.50 bits per heavy atom. The molecule has 0 bridgehead atoms. The van der Waals surface area contributed by atoms with Gasteiger partial charge in [-0.15, -0.1) is 0 Å². The highest BCUT2D eigenvalue weighted by Crippen LogP contribution is 2.25. The third kappa shape index (κ3) is 4.57. The average molecular weight is 445 g/mol. The first-order valence-electron chi connectivity index (χ1n) is 10.4. The molecule has 1 amide bonds. The topological polar surface area (TPSA) is 76.9 Å². The van der Waals surface area contributed by atoms with Crippen LogP contribution >= 0.6 is 11.8 Å². The van der Waals surface area contributed by atoms with Gasteiger partial charge in [-0.25, -0.2) is 14.5 Å². The zero-order valence-corrected chi connectivity index (χ0v) is 19.0. The molecule has 2 aromatic heterocycles. The summed E-state index contributed by atoms with van der Waals surface area (Å²) in [5.41, 5.74) is 2.40. The Hall–Kier alpha value is -3.45. The molecule has 4 aromatic rings. The lowest BCUT2D eigenvalue weighted by Crippen LogP contribution is -2.33. The van der Waals surface area contributed by atoms with Gasteiger partial charge in [-0.3, -0.25) is 9.59 Å². The van der Waals surface area contributed by atoms with Crippen LogP contribution in [0.2, 0.25) is 0 Å². The van der Waals surface area contributed by atoms with Crippen molar-refractivity contribution in [2.45, 2.75) is 37.2 Å². The zero-order chi connectivity index (χ0) is 22.7. The van der Waals surface area contributed by atoms with E-state index in [-0.39, 0.29) is 17.5 Å². The van der Waals surface area contributed by atoms with Crippen LogP contribution in [-0.4, -0.2) is 25.7 Å². The summed E-state index contributed by atoms with van der Waals surface area (Å²) in [7, 11) is 0. The van der Waals surface area contributed by atoms with Gasteiger partial charge in [0.25, 0.3) is 5.56 Å². The van der Waals surface area contributed by atoms with Crippen molar-refractivity contribution in [2.75, 3.05) is 0 Å². The molecule has 32 heavy (non-hydrogen) atoms. The van der Waals surface area contributed by atoms with Crippen molar-refractivity contribution in [2.24, 2.45) is 0 Å². The highest BCUT2D eigenvalue weighted by atomic mass is 32.2. The summed E-state index contributed by atoms with van der Waals surface area (Å²) in [6, 6.07) is 20.6. The number of pyridine rings is 1. The summed E-state index contributed by atoms with van der Waals surface area (Å²) in [6.07, 6.45) is 1.67. The van der Waals surface area contributed by atoms with Gasteiger partial charge in [-0.2, -0.15) is 0 Å². The molecule has 7 heteroatoms. The number of hydrogen-bond acceptors (Lipinski definition) is 5. The number of aromatic nitrogens is 3. The maximum Gasteiger partial charge on any atom is 0.267 e. The van der Waals surface area contributed by atoms with Crippen LogP contribution in [0.4, 0.5) is 0 Å². The Labute approximate surface area is 190 Å². The molecule has 2 atom stereocenters. The average Bonchev–Trinajstić information content (AvgIpc) is 2.79. The third-order valence-electron chi connectivity index (χ3n) is 5.18. The van der Waals surface area contributed by atoms with E-state index in [1.54, 1.807) is 18.3 Å². The molecule has 0 aliphatic carbocycles. The largest absolute Gasteiger partial charge is 0.349 e. The number of thioether (sulfide) groups is 1. The SMILES string of the molecule is Cc1ccnc(-n2c(SC(C)C(=O)NC(C)c3ccccc3)nc3ccccc3c2=O)c1. The predicted molar refractivity (Wildman–Crippen MR) is 128 cm³/mol. The van der Waals surface area contributed by atoms with Gasteiger partial charge in [0.1, 0.15) is 5.82 Å². The number of fused-ring (bicyclic) bond motifs is 1. The number of hydrogen-bond donors (Lipinski definition) is 1. The lowest BCUT2D eigenvalue weighted by atomic mass is 10.1. The number of benzene rings is 2. The van der Waals surface area contributed by atoms with Gasteiger partial charge in [0, 0.05) is 6.20 Å². The van der Waals surface area contributed by atoms with Gasteiger partial charge < -0.3 is 5.32 Å². The van der Waals surface area contributed by atoms with Gasteiger partial charge in [0.2, 0.25) is 5.91 Å². The van der Waals surface area contributed by atoms with Gasteiger partial charge in [0.15, 0.2) is 5.16 Å². The van der Waals surface area contributed by atoms with Crippen molar-refractivity contribution in [1.82, 2.24) is 19.9 Å². The van der Waals surface area contributed by atoms with Crippen LogP contribution < -0.4 is 10.9 Å². The molecule has 1 N–H and O–H groups in total. The monoisotopic (exact) mass is 444 g/mol. The number of aryl methyl sites for hydroxylation is 1. The Kier molecular flexibility index (Phi) is 6.37. The Bertz CT molecular complexity index is 1320. The van der Waals surface area contributed by atoms with Crippen LogP contribution in [0.15, 0.2) is 82.9 Å². The van der Waals surface area contributed by atoms with Crippen molar-refractivity contribution >= 4 is 28.6 Å². The highest BCUT2D eigenvalue weighted by molar-refractivity contribution is 8.00. The fourth-order valence-electron chi connectivity index (χ4n) is 3.40. The molecule has 4 rings (SSSR count).